The number of likely N-dealkylation sites (tertiary alicyclic amines) is 1. The third-order valence-corrected chi connectivity index (χ3v) is 5.47. The number of rotatable bonds is 3. The Morgan fingerprint density at radius 1 is 1.19 bits per heavy atom. The molecule has 0 radical (unpaired) electrons. The molecule has 0 unspecified atom stereocenters. The molecule has 2 atom stereocenters. The van der Waals surface area contributed by atoms with Crippen LogP contribution < -0.4 is 4.74 Å². The van der Waals surface area contributed by atoms with Gasteiger partial charge in [0.15, 0.2) is 0 Å². The van der Waals surface area contributed by atoms with Crippen molar-refractivity contribution in [2.45, 2.75) is 30.7 Å². The van der Waals surface area contributed by atoms with Gasteiger partial charge in [-0.25, -0.2) is 0 Å². The van der Waals surface area contributed by atoms with Gasteiger partial charge in [0.25, 0.3) is 0 Å². The van der Waals surface area contributed by atoms with Crippen LogP contribution in [0.3, 0.4) is 0 Å². The van der Waals surface area contributed by atoms with E-state index in [0.717, 1.165) is 0 Å². The van der Waals surface area contributed by atoms with E-state index >= 15 is 0 Å². The number of aliphatic hydroxyl groups is 1. The lowest BCUT2D eigenvalue weighted by Crippen LogP contribution is -2.41. The fourth-order valence-corrected chi connectivity index (χ4v) is 3.88. The predicted octanol–water partition coefficient (Wildman–Crippen LogP) is 3.46. The summed E-state index contributed by atoms with van der Waals surface area (Å²) in [6.45, 7) is 0.193. The first-order chi connectivity index (χ1) is 12.7. The van der Waals surface area contributed by atoms with E-state index in [1.165, 1.54) is 24.3 Å². The van der Waals surface area contributed by atoms with Crippen molar-refractivity contribution in [3.8, 4) is 16.9 Å². The SMILES string of the molecule is CN1C(=O)CC[C@@H]1COc1ccc2c(c1)[C@](O)(C(F)(F)F)c1ccccc1-2. The lowest BCUT2D eigenvalue weighted by molar-refractivity contribution is -0.246. The van der Waals surface area contributed by atoms with Gasteiger partial charge in [-0.05, 0) is 29.7 Å². The van der Waals surface area contributed by atoms with E-state index in [2.05, 4.69) is 0 Å². The molecule has 0 aromatic heterocycles. The standard InChI is InChI=1S/C20H18F3NO3/c1-24-12(6-9-18(24)25)11-27-13-7-8-15-14-4-2-3-5-16(14)19(26,17(15)10-13)20(21,22)23/h2-5,7-8,10,12,26H,6,9,11H2,1H3/t12-,19+/m1/s1. The molecule has 2 aromatic rings. The second-order valence-corrected chi connectivity index (χ2v) is 6.97. The van der Waals surface area contributed by atoms with E-state index in [1.807, 2.05) is 0 Å². The number of ether oxygens (including phenoxy) is 1. The van der Waals surface area contributed by atoms with E-state index in [9.17, 15) is 23.1 Å². The fraction of sp³-hybridized carbons (Fsp3) is 0.350. The van der Waals surface area contributed by atoms with Gasteiger partial charge >= 0.3 is 6.18 Å². The molecule has 7 heteroatoms. The summed E-state index contributed by atoms with van der Waals surface area (Å²) in [4.78, 5) is 13.2. The topological polar surface area (TPSA) is 49.8 Å². The minimum absolute atomic E-state index is 0.0273. The van der Waals surface area contributed by atoms with Crippen molar-refractivity contribution in [3.05, 3.63) is 53.6 Å². The van der Waals surface area contributed by atoms with Crippen molar-refractivity contribution in [1.82, 2.24) is 4.90 Å². The summed E-state index contributed by atoms with van der Waals surface area (Å²) in [5.41, 5.74) is -2.78. The van der Waals surface area contributed by atoms with E-state index in [-0.39, 0.29) is 35.4 Å². The maximum Gasteiger partial charge on any atom is 0.425 e. The van der Waals surface area contributed by atoms with Crippen LogP contribution in [0.5, 0.6) is 5.75 Å². The van der Waals surface area contributed by atoms with Crippen LogP contribution in [0.1, 0.15) is 24.0 Å². The van der Waals surface area contributed by atoms with Crippen molar-refractivity contribution in [1.29, 1.82) is 0 Å². The average molecular weight is 377 g/mol. The van der Waals surface area contributed by atoms with Crippen molar-refractivity contribution >= 4 is 5.91 Å². The Balaban J connectivity index is 1.68. The maximum absolute atomic E-state index is 13.8. The van der Waals surface area contributed by atoms with Crippen LogP contribution in [0.4, 0.5) is 13.2 Å². The number of hydrogen-bond donors (Lipinski definition) is 1. The molecule has 1 aliphatic heterocycles. The lowest BCUT2D eigenvalue weighted by Gasteiger charge is -2.28. The van der Waals surface area contributed by atoms with Gasteiger partial charge in [0.1, 0.15) is 12.4 Å². The molecule has 2 aliphatic rings. The van der Waals surface area contributed by atoms with Gasteiger partial charge in [-0.3, -0.25) is 4.79 Å². The zero-order valence-electron chi connectivity index (χ0n) is 14.6. The molecule has 142 valence electrons. The molecule has 1 fully saturated rings. The van der Waals surface area contributed by atoms with E-state index in [1.54, 1.807) is 30.1 Å². The molecule has 1 aliphatic carbocycles. The Morgan fingerprint density at radius 2 is 1.89 bits per heavy atom. The monoisotopic (exact) mass is 377 g/mol. The normalized spacial score (nSPS) is 24.1. The molecule has 1 N–H and O–H groups in total. The van der Waals surface area contributed by atoms with Gasteiger partial charge in [0.2, 0.25) is 11.5 Å². The number of benzene rings is 2. The number of nitrogens with zero attached hydrogens (tertiary/aromatic N) is 1. The van der Waals surface area contributed by atoms with Crippen LogP contribution in [0.2, 0.25) is 0 Å². The first-order valence-electron chi connectivity index (χ1n) is 8.65. The Labute approximate surface area is 154 Å². The highest BCUT2D eigenvalue weighted by atomic mass is 19.4. The summed E-state index contributed by atoms with van der Waals surface area (Å²) in [7, 11) is 1.69. The van der Waals surface area contributed by atoms with Crippen molar-refractivity contribution in [2.24, 2.45) is 0 Å². The third-order valence-electron chi connectivity index (χ3n) is 5.47. The summed E-state index contributed by atoms with van der Waals surface area (Å²) < 4.78 is 47.1. The zero-order chi connectivity index (χ0) is 19.4. The molecule has 4 rings (SSSR count). The first-order valence-corrected chi connectivity index (χ1v) is 8.65. The highest BCUT2D eigenvalue weighted by Gasteiger charge is 2.60. The molecule has 1 amide bonds. The molecule has 0 bridgehead atoms. The summed E-state index contributed by atoms with van der Waals surface area (Å²) in [6.07, 6.45) is -3.78. The molecule has 1 heterocycles. The molecular weight excluding hydrogens is 359 g/mol. The van der Waals surface area contributed by atoms with E-state index in [0.29, 0.717) is 24.0 Å². The molecule has 0 spiro atoms. The lowest BCUT2D eigenvalue weighted by atomic mass is 9.90. The highest BCUT2D eigenvalue weighted by molar-refractivity contribution is 5.81. The van der Waals surface area contributed by atoms with Gasteiger partial charge in [0.05, 0.1) is 6.04 Å². The Hall–Kier alpha value is -2.54. The number of halogens is 3. The highest BCUT2D eigenvalue weighted by Crippen LogP contribution is 2.55. The number of likely N-dealkylation sites (N-methyl/N-ethyl adjacent to an activating group) is 1. The third kappa shape index (κ3) is 2.60. The second kappa shape index (κ2) is 5.99. The number of amides is 1. The number of fused-ring (bicyclic) bond motifs is 3. The average Bonchev–Trinajstić information content (AvgIpc) is 3.09. The maximum atomic E-state index is 13.8. The molecular formula is C20H18F3NO3. The molecule has 4 nitrogen and oxygen atoms in total. The van der Waals surface area contributed by atoms with Crippen LogP contribution >= 0.6 is 0 Å². The van der Waals surface area contributed by atoms with Crippen LogP contribution in [0.15, 0.2) is 42.5 Å². The van der Waals surface area contributed by atoms with E-state index in [4.69, 9.17) is 4.74 Å². The van der Waals surface area contributed by atoms with Crippen LogP contribution in [0.25, 0.3) is 11.1 Å². The Morgan fingerprint density at radius 3 is 2.56 bits per heavy atom. The smallest absolute Gasteiger partial charge is 0.425 e. The minimum atomic E-state index is -4.87. The van der Waals surface area contributed by atoms with Crippen molar-refractivity contribution < 1.29 is 27.8 Å². The van der Waals surface area contributed by atoms with Crippen LogP contribution in [0, 0.1) is 0 Å². The van der Waals surface area contributed by atoms with Gasteiger partial charge < -0.3 is 14.7 Å². The van der Waals surface area contributed by atoms with Crippen molar-refractivity contribution in [3.63, 3.8) is 0 Å². The van der Waals surface area contributed by atoms with Crippen LogP contribution in [-0.2, 0) is 10.4 Å². The number of carbonyl (C=O) groups is 1. The summed E-state index contributed by atoms with van der Waals surface area (Å²) in [5, 5.41) is 10.7. The molecule has 2 aromatic carbocycles. The predicted molar refractivity (Wildman–Crippen MR) is 92.2 cm³/mol. The van der Waals surface area contributed by atoms with Crippen molar-refractivity contribution in [2.75, 3.05) is 13.7 Å². The quantitative estimate of drug-likeness (QED) is 0.891. The summed E-state index contributed by atoms with van der Waals surface area (Å²) in [6, 6.07) is 10.3. The molecule has 27 heavy (non-hydrogen) atoms. The fourth-order valence-electron chi connectivity index (χ4n) is 3.88. The minimum Gasteiger partial charge on any atom is -0.491 e. The Bertz CT molecular complexity index is 912. The first kappa shape index (κ1) is 17.9. The largest absolute Gasteiger partial charge is 0.491 e. The van der Waals surface area contributed by atoms with Gasteiger partial charge in [-0.15, -0.1) is 0 Å². The zero-order valence-corrected chi connectivity index (χ0v) is 14.6. The van der Waals surface area contributed by atoms with Gasteiger partial charge in [-0.2, -0.15) is 13.2 Å². The summed E-state index contributed by atoms with van der Waals surface area (Å²) in [5.74, 6) is 0.261. The number of hydrogen-bond acceptors (Lipinski definition) is 3. The molecule has 1 saturated heterocycles. The number of carbonyl (C=O) groups excluding carboxylic acids is 1. The van der Waals surface area contributed by atoms with E-state index < -0.39 is 11.8 Å². The van der Waals surface area contributed by atoms with Gasteiger partial charge in [0, 0.05) is 24.6 Å². The van der Waals surface area contributed by atoms with Crippen LogP contribution in [-0.4, -0.2) is 41.8 Å². The number of alkyl halides is 3. The second-order valence-electron chi connectivity index (χ2n) is 6.97. The Kier molecular flexibility index (Phi) is 3.96. The summed E-state index contributed by atoms with van der Waals surface area (Å²) >= 11 is 0. The molecule has 0 saturated carbocycles. The van der Waals surface area contributed by atoms with Gasteiger partial charge in [-0.1, -0.05) is 30.3 Å².